The number of Topliss-reactive ketones (excluding diaryl/α,β-unsaturated/α-hetero) is 1. The molecule has 0 bridgehead atoms. The second-order valence-electron chi connectivity index (χ2n) is 2.44. The molecule has 5 heteroatoms. The van der Waals surface area contributed by atoms with Crippen LogP contribution in [0.2, 0.25) is 0 Å². The first-order chi connectivity index (χ1) is 5.59. The fraction of sp³-hybridized carbons (Fsp3) is 0.286. The van der Waals surface area contributed by atoms with Crippen LogP contribution in [0.5, 0.6) is 0 Å². The van der Waals surface area contributed by atoms with Crippen LogP contribution < -0.4 is 0 Å². The van der Waals surface area contributed by atoms with Gasteiger partial charge in [0.1, 0.15) is 5.78 Å². The molecule has 64 valence electrons. The van der Waals surface area contributed by atoms with Gasteiger partial charge in [0.05, 0.1) is 12.9 Å². The second kappa shape index (κ2) is 3.17. The van der Waals surface area contributed by atoms with Crippen molar-refractivity contribution in [1.82, 2.24) is 9.55 Å². The largest absolute Gasteiger partial charge is 0.476 e. The van der Waals surface area contributed by atoms with E-state index in [0.29, 0.717) is 0 Å². The average molecular weight is 168 g/mol. The van der Waals surface area contributed by atoms with Gasteiger partial charge in [0.25, 0.3) is 0 Å². The van der Waals surface area contributed by atoms with Gasteiger partial charge in [-0.15, -0.1) is 0 Å². The van der Waals surface area contributed by atoms with Crippen LogP contribution in [0.25, 0.3) is 0 Å². The summed E-state index contributed by atoms with van der Waals surface area (Å²) in [6.45, 7) is 1.60. The smallest absolute Gasteiger partial charge is 0.356 e. The van der Waals surface area contributed by atoms with E-state index in [9.17, 15) is 9.59 Å². The number of carboxylic acid groups (broad SMARTS) is 1. The minimum Gasteiger partial charge on any atom is -0.476 e. The summed E-state index contributed by atoms with van der Waals surface area (Å²) in [4.78, 5) is 24.5. The molecular formula is C7H8N2O3. The Bertz CT molecular complexity index is 316. The SMILES string of the molecule is CC(=O)Cn1cnc(C(=O)O)c1. The fourth-order valence-electron chi connectivity index (χ4n) is 0.814. The number of hydrogen-bond acceptors (Lipinski definition) is 3. The summed E-state index contributed by atoms with van der Waals surface area (Å²) in [6, 6.07) is 0. The molecule has 0 spiro atoms. The molecule has 0 unspecified atom stereocenters. The first-order valence-electron chi connectivity index (χ1n) is 3.34. The fourth-order valence-corrected chi connectivity index (χ4v) is 0.814. The van der Waals surface area contributed by atoms with E-state index in [0.717, 1.165) is 0 Å². The Hall–Kier alpha value is -1.65. The van der Waals surface area contributed by atoms with Gasteiger partial charge in [-0.3, -0.25) is 4.79 Å². The van der Waals surface area contributed by atoms with E-state index < -0.39 is 5.97 Å². The number of carboxylic acids is 1. The predicted molar refractivity (Wildman–Crippen MR) is 39.9 cm³/mol. The number of carbonyl (C=O) groups excluding carboxylic acids is 1. The summed E-state index contributed by atoms with van der Waals surface area (Å²) < 4.78 is 1.44. The van der Waals surface area contributed by atoms with E-state index in [-0.39, 0.29) is 18.0 Å². The van der Waals surface area contributed by atoms with Gasteiger partial charge in [-0.2, -0.15) is 0 Å². The lowest BCUT2D eigenvalue weighted by Gasteiger charge is -1.93. The molecule has 5 nitrogen and oxygen atoms in total. The maximum Gasteiger partial charge on any atom is 0.356 e. The summed E-state index contributed by atoms with van der Waals surface area (Å²) in [7, 11) is 0. The number of aromatic nitrogens is 2. The van der Waals surface area contributed by atoms with Crippen LogP contribution in [0, 0.1) is 0 Å². The lowest BCUT2D eigenvalue weighted by molar-refractivity contribution is -0.117. The molecule has 1 aromatic rings. The molecule has 0 saturated carbocycles. The van der Waals surface area contributed by atoms with Crippen LogP contribution in [0.1, 0.15) is 17.4 Å². The summed E-state index contributed by atoms with van der Waals surface area (Å²) in [5, 5.41) is 8.47. The van der Waals surface area contributed by atoms with Crippen molar-refractivity contribution in [3.05, 3.63) is 18.2 Å². The van der Waals surface area contributed by atoms with E-state index in [1.807, 2.05) is 0 Å². The van der Waals surface area contributed by atoms with Gasteiger partial charge in [-0.25, -0.2) is 9.78 Å². The number of hydrogen-bond donors (Lipinski definition) is 1. The quantitative estimate of drug-likeness (QED) is 0.698. The average Bonchev–Trinajstić information content (AvgIpc) is 2.34. The number of imidazole rings is 1. The van der Waals surface area contributed by atoms with Crippen LogP contribution in [0.3, 0.4) is 0 Å². The van der Waals surface area contributed by atoms with Gasteiger partial charge >= 0.3 is 5.97 Å². The molecule has 1 aromatic heterocycles. The maximum absolute atomic E-state index is 10.6. The molecule has 0 atom stereocenters. The van der Waals surface area contributed by atoms with Crippen molar-refractivity contribution in [2.24, 2.45) is 0 Å². The highest BCUT2D eigenvalue weighted by molar-refractivity contribution is 5.85. The van der Waals surface area contributed by atoms with Crippen molar-refractivity contribution >= 4 is 11.8 Å². The molecule has 0 aliphatic carbocycles. The molecule has 1 rings (SSSR count). The van der Waals surface area contributed by atoms with Crippen LogP contribution in [0.4, 0.5) is 0 Å². The van der Waals surface area contributed by atoms with Gasteiger partial charge in [-0.05, 0) is 6.92 Å². The molecule has 0 aliphatic heterocycles. The molecule has 0 radical (unpaired) electrons. The third kappa shape index (κ3) is 1.91. The van der Waals surface area contributed by atoms with Crippen molar-refractivity contribution in [2.45, 2.75) is 13.5 Å². The maximum atomic E-state index is 10.6. The molecule has 0 saturated heterocycles. The lowest BCUT2D eigenvalue weighted by Crippen LogP contribution is -2.03. The normalized spacial score (nSPS) is 9.75. The highest BCUT2D eigenvalue weighted by Crippen LogP contribution is 1.95. The topological polar surface area (TPSA) is 72.2 Å². The van der Waals surface area contributed by atoms with Gasteiger partial charge < -0.3 is 9.67 Å². The van der Waals surface area contributed by atoms with E-state index in [1.165, 1.54) is 24.0 Å². The van der Waals surface area contributed by atoms with Gasteiger partial charge in [0, 0.05) is 6.20 Å². The number of rotatable bonds is 3. The standard InChI is InChI=1S/C7H8N2O3/c1-5(10)2-9-3-6(7(11)12)8-4-9/h3-4H,2H2,1H3,(H,11,12). The monoisotopic (exact) mass is 168 g/mol. The van der Waals surface area contributed by atoms with E-state index in [1.54, 1.807) is 0 Å². The highest BCUT2D eigenvalue weighted by atomic mass is 16.4. The Kier molecular flexibility index (Phi) is 2.23. The Morgan fingerprint density at radius 2 is 2.33 bits per heavy atom. The first-order valence-corrected chi connectivity index (χ1v) is 3.34. The van der Waals surface area contributed by atoms with Gasteiger partial charge in [-0.1, -0.05) is 0 Å². The van der Waals surface area contributed by atoms with Crippen molar-refractivity contribution in [1.29, 1.82) is 0 Å². The van der Waals surface area contributed by atoms with E-state index in [4.69, 9.17) is 5.11 Å². The molecule has 1 heterocycles. The number of aromatic carboxylic acids is 1. The molecule has 0 aliphatic rings. The van der Waals surface area contributed by atoms with Crippen LogP contribution in [0.15, 0.2) is 12.5 Å². The third-order valence-corrected chi connectivity index (χ3v) is 1.26. The minimum absolute atomic E-state index is 0.0376. The number of nitrogens with zero attached hydrogens (tertiary/aromatic N) is 2. The second-order valence-corrected chi connectivity index (χ2v) is 2.44. The van der Waals surface area contributed by atoms with Crippen molar-refractivity contribution in [3.63, 3.8) is 0 Å². The van der Waals surface area contributed by atoms with Crippen molar-refractivity contribution in [2.75, 3.05) is 0 Å². The highest BCUT2D eigenvalue weighted by Gasteiger charge is 2.06. The molecule has 0 fully saturated rings. The van der Waals surface area contributed by atoms with Gasteiger partial charge in [0.2, 0.25) is 0 Å². The number of ketones is 1. The van der Waals surface area contributed by atoms with Crippen LogP contribution in [-0.2, 0) is 11.3 Å². The Morgan fingerprint density at radius 3 is 2.75 bits per heavy atom. The molecule has 0 aromatic carbocycles. The zero-order chi connectivity index (χ0) is 9.14. The van der Waals surface area contributed by atoms with Crippen LogP contribution >= 0.6 is 0 Å². The van der Waals surface area contributed by atoms with Gasteiger partial charge in [0.15, 0.2) is 5.69 Å². The zero-order valence-electron chi connectivity index (χ0n) is 6.52. The minimum atomic E-state index is -1.09. The zero-order valence-corrected chi connectivity index (χ0v) is 6.52. The lowest BCUT2D eigenvalue weighted by atomic mass is 10.4. The van der Waals surface area contributed by atoms with Crippen LogP contribution in [-0.4, -0.2) is 26.4 Å². The summed E-state index contributed by atoms with van der Waals surface area (Å²) in [5.74, 6) is -1.12. The number of carbonyl (C=O) groups is 2. The molecule has 1 N–H and O–H groups in total. The Morgan fingerprint density at radius 1 is 1.67 bits per heavy atom. The predicted octanol–water partition coefficient (Wildman–Crippen LogP) is 0.170. The summed E-state index contributed by atoms with van der Waals surface area (Å²) >= 11 is 0. The summed E-state index contributed by atoms with van der Waals surface area (Å²) in [6.07, 6.45) is 2.65. The first kappa shape index (κ1) is 8.45. The Labute approximate surface area is 68.6 Å². The third-order valence-electron chi connectivity index (χ3n) is 1.26. The summed E-state index contributed by atoms with van der Waals surface area (Å²) in [5.41, 5.74) is -0.0451. The van der Waals surface area contributed by atoms with E-state index >= 15 is 0 Å². The molecular weight excluding hydrogens is 160 g/mol. The molecule has 12 heavy (non-hydrogen) atoms. The van der Waals surface area contributed by atoms with Crippen molar-refractivity contribution in [3.8, 4) is 0 Å². The van der Waals surface area contributed by atoms with Crippen molar-refractivity contribution < 1.29 is 14.7 Å². The molecule has 0 amide bonds. The Balaban J connectivity index is 2.77. The van der Waals surface area contributed by atoms with E-state index in [2.05, 4.69) is 4.98 Å².